The molecule has 0 saturated carbocycles. The number of carbonyl (C=O) groups excluding carboxylic acids is 2. The standard InChI is InChI=1S/C18H26N2O3/c1-13-12-20(9-10-23-13)17(22)14-5-7-15(8-6-14)19-16(21)11-18(2,3)4/h5-8,13H,9-12H2,1-4H3,(H,19,21). The number of amides is 2. The van der Waals surface area contributed by atoms with Crippen molar-refractivity contribution in [3.63, 3.8) is 0 Å². The summed E-state index contributed by atoms with van der Waals surface area (Å²) in [6, 6.07) is 7.07. The van der Waals surface area contributed by atoms with Crippen LogP contribution in [0.1, 0.15) is 44.5 Å². The lowest BCUT2D eigenvalue weighted by Gasteiger charge is -2.31. The first-order valence-electron chi connectivity index (χ1n) is 8.05. The summed E-state index contributed by atoms with van der Waals surface area (Å²) in [6.45, 7) is 9.85. The van der Waals surface area contributed by atoms with Gasteiger partial charge in [-0.25, -0.2) is 0 Å². The predicted molar refractivity (Wildman–Crippen MR) is 90.5 cm³/mol. The molecule has 2 amide bonds. The Kier molecular flexibility index (Phi) is 5.42. The van der Waals surface area contributed by atoms with Crippen LogP contribution in [0.4, 0.5) is 5.69 Å². The minimum Gasteiger partial charge on any atom is -0.375 e. The number of ether oxygens (including phenoxy) is 1. The van der Waals surface area contributed by atoms with Gasteiger partial charge >= 0.3 is 0 Å². The summed E-state index contributed by atoms with van der Waals surface area (Å²) in [5.74, 6) is -0.00806. The Labute approximate surface area is 138 Å². The second-order valence-corrected chi connectivity index (χ2v) is 7.30. The van der Waals surface area contributed by atoms with Crippen molar-refractivity contribution in [3.8, 4) is 0 Å². The first-order chi connectivity index (χ1) is 10.7. The lowest BCUT2D eigenvalue weighted by atomic mass is 9.92. The van der Waals surface area contributed by atoms with Gasteiger partial charge in [-0.3, -0.25) is 9.59 Å². The van der Waals surface area contributed by atoms with E-state index in [9.17, 15) is 9.59 Å². The largest absolute Gasteiger partial charge is 0.375 e. The molecule has 1 aliphatic rings. The molecule has 1 atom stereocenters. The van der Waals surface area contributed by atoms with Crippen LogP contribution in [0.3, 0.4) is 0 Å². The van der Waals surface area contributed by atoms with Crippen molar-refractivity contribution < 1.29 is 14.3 Å². The highest BCUT2D eigenvalue weighted by atomic mass is 16.5. The van der Waals surface area contributed by atoms with E-state index in [2.05, 4.69) is 5.32 Å². The van der Waals surface area contributed by atoms with Gasteiger partial charge in [-0.2, -0.15) is 0 Å². The molecule has 2 rings (SSSR count). The number of hydrogen-bond acceptors (Lipinski definition) is 3. The third kappa shape index (κ3) is 5.36. The van der Waals surface area contributed by atoms with Gasteiger partial charge in [-0.15, -0.1) is 0 Å². The van der Waals surface area contributed by atoms with Crippen molar-refractivity contribution >= 4 is 17.5 Å². The molecule has 0 aromatic heterocycles. The average molecular weight is 318 g/mol. The number of rotatable bonds is 3. The highest BCUT2D eigenvalue weighted by molar-refractivity contribution is 5.96. The molecule has 0 aliphatic carbocycles. The lowest BCUT2D eigenvalue weighted by molar-refractivity contribution is -0.117. The quantitative estimate of drug-likeness (QED) is 0.932. The number of nitrogens with one attached hydrogen (secondary N) is 1. The van der Waals surface area contributed by atoms with Gasteiger partial charge < -0.3 is 15.0 Å². The number of anilines is 1. The molecule has 126 valence electrons. The van der Waals surface area contributed by atoms with Crippen LogP contribution in [0.2, 0.25) is 0 Å². The molecule has 1 aliphatic heterocycles. The number of nitrogens with zero attached hydrogens (tertiary/aromatic N) is 1. The molecule has 1 fully saturated rings. The summed E-state index contributed by atoms with van der Waals surface area (Å²) < 4.78 is 5.46. The van der Waals surface area contributed by atoms with Crippen molar-refractivity contribution in [2.24, 2.45) is 5.41 Å². The minimum absolute atomic E-state index is 0.00715. The zero-order chi connectivity index (χ0) is 17.0. The zero-order valence-electron chi connectivity index (χ0n) is 14.4. The van der Waals surface area contributed by atoms with Crippen LogP contribution in [0.15, 0.2) is 24.3 Å². The second kappa shape index (κ2) is 7.13. The van der Waals surface area contributed by atoms with Crippen LogP contribution < -0.4 is 5.32 Å². The summed E-state index contributed by atoms with van der Waals surface area (Å²) in [7, 11) is 0. The van der Waals surface area contributed by atoms with Crippen molar-refractivity contribution in [2.75, 3.05) is 25.0 Å². The van der Waals surface area contributed by atoms with Gasteiger partial charge in [0.05, 0.1) is 12.7 Å². The number of carbonyl (C=O) groups is 2. The maximum atomic E-state index is 12.4. The van der Waals surface area contributed by atoms with Crippen LogP contribution >= 0.6 is 0 Å². The molecule has 1 N–H and O–H groups in total. The van der Waals surface area contributed by atoms with Crippen LogP contribution in [0, 0.1) is 5.41 Å². The maximum absolute atomic E-state index is 12.4. The van der Waals surface area contributed by atoms with Gasteiger partial charge in [0, 0.05) is 30.8 Å². The van der Waals surface area contributed by atoms with Gasteiger partial charge in [-0.1, -0.05) is 20.8 Å². The zero-order valence-corrected chi connectivity index (χ0v) is 14.4. The highest BCUT2D eigenvalue weighted by Gasteiger charge is 2.22. The lowest BCUT2D eigenvalue weighted by Crippen LogP contribution is -2.44. The Hall–Kier alpha value is -1.88. The number of hydrogen-bond donors (Lipinski definition) is 1. The molecular weight excluding hydrogens is 292 g/mol. The Morgan fingerprint density at radius 1 is 1.26 bits per heavy atom. The normalized spacial score (nSPS) is 18.6. The molecule has 1 unspecified atom stereocenters. The molecule has 5 heteroatoms. The van der Waals surface area contributed by atoms with E-state index in [0.717, 1.165) is 0 Å². The fraction of sp³-hybridized carbons (Fsp3) is 0.556. The summed E-state index contributed by atoms with van der Waals surface area (Å²) >= 11 is 0. The van der Waals surface area contributed by atoms with E-state index in [1.165, 1.54) is 0 Å². The van der Waals surface area contributed by atoms with Crippen LogP contribution in [-0.2, 0) is 9.53 Å². The summed E-state index contributed by atoms with van der Waals surface area (Å²) in [5.41, 5.74) is 1.30. The molecule has 1 heterocycles. The summed E-state index contributed by atoms with van der Waals surface area (Å²) in [5, 5.41) is 2.87. The van der Waals surface area contributed by atoms with Crippen LogP contribution in [0.5, 0.6) is 0 Å². The predicted octanol–water partition coefficient (Wildman–Crippen LogP) is 2.92. The van der Waals surface area contributed by atoms with Gasteiger partial charge in [0.1, 0.15) is 0 Å². The molecule has 0 spiro atoms. The molecule has 23 heavy (non-hydrogen) atoms. The van der Waals surface area contributed by atoms with Crippen LogP contribution in [-0.4, -0.2) is 42.5 Å². The first kappa shape index (κ1) is 17.5. The first-order valence-corrected chi connectivity index (χ1v) is 8.05. The average Bonchev–Trinajstić information content (AvgIpc) is 2.45. The van der Waals surface area contributed by atoms with Gasteiger partial charge in [-0.05, 0) is 36.6 Å². The molecule has 1 saturated heterocycles. The van der Waals surface area contributed by atoms with E-state index in [-0.39, 0.29) is 23.3 Å². The number of morpholine rings is 1. The highest BCUT2D eigenvalue weighted by Crippen LogP contribution is 2.20. The van der Waals surface area contributed by atoms with Gasteiger partial charge in [0.2, 0.25) is 5.91 Å². The van der Waals surface area contributed by atoms with Crippen LogP contribution in [0.25, 0.3) is 0 Å². The van der Waals surface area contributed by atoms with Crippen molar-refractivity contribution in [2.45, 2.75) is 40.2 Å². The monoisotopic (exact) mass is 318 g/mol. The van der Waals surface area contributed by atoms with E-state index in [4.69, 9.17) is 4.74 Å². The van der Waals surface area contributed by atoms with Gasteiger partial charge in [0.15, 0.2) is 0 Å². The molecule has 1 aromatic carbocycles. The minimum atomic E-state index is -0.0486. The van der Waals surface area contributed by atoms with E-state index >= 15 is 0 Å². The third-order valence-corrected chi connectivity index (χ3v) is 3.63. The molecule has 0 bridgehead atoms. The van der Waals surface area contributed by atoms with Crippen molar-refractivity contribution in [3.05, 3.63) is 29.8 Å². The fourth-order valence-electron chi connectivity index (χ4n) is 2.57. The van der Waals surface area contributed by atoms with E-state index in [0.29, 0.717) is 37.4 Å². The SMILES string of the molecule is CC1CN(C(=O)c2ccc(NC(=O)CC(C)(C)C)cc2)CCO1. The topological polar surface area (TPSA) is 58.6 Å². The maximum Gasteiger partial charge on any atom is 0.254 e. The Morgan fingerprint density at radius 3 is 2.48 bits per heavy atom. The molecule has 0 radical (unpaired) electrons. The summed E-state index contributed by atoms with van der Waals surface area (Å²) in [6.07, 6.45) is 0.531. The van der Waals surface area contributed by atoms with Crippen molar-refractivity contribution in [1.82, 2.24) is 4.90 Å². The Bertz CT molecular complexity index is 561. The molecule has 5 nitrogen and oxygen atoms in total. The Morgan fingerprint density at radius 2 is 1.91 bits per heavy atom. The van der Waals surface area contributed by atoms with E-state index in [1.54, 1.807) is 29.2 Å². The molecular formula is C18H26N2O3. The smallest absolute Gasteiger partial charge is 0.254 e. The third-order valence-electron chi connectivity index (χ3n) is 3.63. The van der Waals surface area contributed by atoms with E-state index in [1.807, 2.05) is 27.7 Å². The fourth-order valence-corrected chi connectivity index (χ4v) is 2.57. The van der Waals surface area contributed by atoms with E-state index < -0.39 is 0 Å². The summed E-state index contributed by atoms with van der Waals surface area (Å²) in [4.78, 5) is 26.2. The number of benzene rings is 1. The second-order valence-electron chi connectivity index (χ2n) is 7.30. The molecule has 1 aromatic rings. The Balaban J connectivity index is 1.96. The van der Waals surface area contributed by atoms with Crippen molar-refractivity contribution in [1.29, 1.82) is 0 Å². The van der Waals surface area contributed by atoms with Gasteiger partial charge in [0.25, 0.3) is 5.91 Å².